The maximum atomic E-state index is 12.3. The molecule has 20 heavy (non-hydrogen) atoms. The van der Waals surface area contributed by atoms with Crippen molar-refractivity contribution in [2.24, 2.45) is 0 Å². The van der Waals surface area contributed by atoms with Gasteiger partial charge in [-0.25, -0.2) is 0 Å². The lowest BCUT2D eigenvalue weighted by molar-refractivity contribution is -0.131. The highest BCUT2D eigenvalue weighted by atomic mass is 16.2. The van der Waals surface area contributed by atoms with E-state index in [1.807, 2.05) is 36.9 Å². The number of hydrogen-bond acceptors (Lipinski definition) is 2. The molecular formula is C17H20N2O. The molecule has 3 nitrogen and oxygen atoms in total. The van der Waals surface area contributed by atoms with Crippen LogP contribution in [0.2, 0.25) is 0 Å². The normalized spacial score (nSPS) is 15.1. The van der Waals surface area contributed by atoms with Crippen LogP contribution in [0.3, 0.4) is 0 Å². The van der Waals surface area contributed by atoms with Crippen molar-refractivity contribution in [3.63, 3.8) is 0 Å². The van der Waals surface area contributed by atoms with Gasteiger partial charge in [-0.15, -0.1) is 0 Å². The summed E-state index contributed by atoms with van der Waals surface area (Å²) in [7, 11) is 0. The minimum Gasteiger partial charge on any atom is -0.334 e. The van der Waals surface area contributed by atoms with Crippen molar-refractivity contribution in [3.8, 4) is 6.07 Å². The first-order valence-corrected chi connectivity index (χ1v) is 7.13. The number of benzene rings is 1. The molecule has 2 rings (SSSR count). The molecule has 0 aliphatic heterocycles. The van der Waals surface area contributed by atoms with Crippen LogP contribution in [-0.4, -0.2) is 22.9 Å². The molecule has 0 atom stereocenters. The van der Waals surface area contributed by atoms with Gasteiger partial charge in [0.1, 0.15) is 0 Å². The van der Waals surface area contributed by atoms with Crippen molar-refractivity contribution >= 4 is 12.0 Å². The van der Waals surface area contributed by atoms with Crippen LogP contribution in [0.5, 0.6) is 0 Å². The van der Waals surface area contributed by atoms with E-state index in [-0.39, 0.29) is 11.9 Å². The Bertz CT molecular complexity index is 550. The fourth-order valence-corrected chi connectivity index (χ4v) is 2.51. The van der Waals surface area contributed by atoms with E-state index in [0.717, 1.165) is 18.4 Å². The van der Waals surface area contributed by atoms with Crippen LogP contribution in [0.25, 0.3) is 6.08 Å². The second-order valence-corrected chi connectivity index (χ2v) is 5.46. The smallest absolute Gasteiger partial charge is 0.247 e. The molecule has 1 aromatic carbocycles. The van der Waals surface area contributed by atoms with E-state index in [1.165, 1.54) is 6.42 Å². The Morgan fingerprint density at radius 1 is 1.40 bits per heavy atom. The first kappa shape index (κ1) is 14.3. The fourth-order valence-electron chi connectivity index (χ4n) is 2.51. The molecule has 1 fully saturated rings. The SMILES string of the molecule is CC(C)N(C(=O)C=Cc1ccccc1C#N)C1CCC1. The molecular weight excluding hydrogens is 248 g/mol. The molecule has 1 aromatic rings. The summed E-state index contributed by atoms with van der Waals surface area (Å²) >= 11 is 0. The lowest BCUT2D eigenvalue weighted by Gasteiger charge is -2.39. The average molecular weight is 268 g/mol. The molecule has 0 aromatic heterocycles. The molecule has 0 unspecified atom stereocenters. The molecule has 1 saturated carbocycles. The molecule has 0 bridgehead atoms. The van der Waals surface area contributed by atoms with Crippen molar-refractivity contribution in [2.75, 3.05) is 0 Å². The van der Waals surface area contributed by atoms with Gasteiger partial charge >= 0.3 is 0 Å². The van der Waals surface area contributed by atoms with Crippen LogP contribution in [0.4, 0.5) is 0 Å². The van der Waals surface area contributed by atoms with Gasteiger partial charge in [0.05, 0.1) is 11.6 Å². The minimum atomic E-state index is 0.0393. The minimum absolute atomic E-state index is 0.0393. The molecule has 0 saturated heterocycles. The van der Waals surface area contributed by atoms with E-state index < -0.39 is 0 Å². The molecule has 0 radical (unpaired) electrons. The molecule has 1 aliphatic rings. The van der Waals surface area contributed by atoms with E-state index in [1.54, 1.807) is 18.2 Å². The number of nitrogens with zero attached hydrogens (tertiary/aromatic N) is 2. The quantitative estimate of drug-likeness (QED) is 0.786. The maximum absolute atomic E-state index is 12.3. The summed E-state index contributed by atoms with van der Waals surface area (Å²) in [5.41, 5.74) is 1.39. The first-order valence-electron chi connectivity index (χ1n) is 7.13. The van der Waals surface area contributed by atoms with Gasteiger partial charge in [-0.2, -0.15) is 5.26 Å². The van der Waals surface area contributed by atoms with Gasteiger partial charge < -0.3 is 4.90 Å². The summed E-state index contributed by atoms with van der Waals surface area (Å²) in [6.45, 7) is 4.10. The number of carbonyl (C=O) groups is 1. The van der Waals surface area contributed by atoms with Crippen LogP contribution in [0.1, 0.15) is 44.2 Å². The highest BCUT2D eigenvalue weighted by Gasteiger charge is 2.29. The maximum Gasteiger partial charge on any atom is 0.247 e. The highest BCUT2D eigenvalue weighted by molar-refractivity contribution is 5.92. The van der Waals surface area contributed by atoms with Gasteiger partial charge in [0, 0.05) is 18.2 Å². The van der Waals surface area contributed by atoms with E-state index in [4.69, 9.17) is 5.26 Å². The monoisotopic (exact) mass is 268 g/mol. The predicted molar refractivity (Wildman–Crippen MR) is 79.8 cm³/mol. The van der Waals surface area contributed by atoms with Crippen molar-refractivity contribution < 1.29 is 4.79 Å². The lowest BCUT2D eigenvalue weighted by Crippen LogP contribution is -2.47. The van der Waals surface area contributed by atoms with Crippen LogP contribution in [0, 0.1) is 11.3 Å². The van der Waals surface area contributed by atoms with Crippen LogP contribution < -0.4 is 0 Å². The Labute approximate surface area is 120 Å². The number of nitriles is 1. The van der Waals surface area contributed by atoms with Gasteiger partial charge in [-0.3, -0.25) is 4.79 Å². The van der Waals surface area contributed by atoms with Gasteiger partial charge in [-0.05, 0) is 50.8 Å². The van der Waals surface area contributed by atoms with Crippen LogP contribution >= 0.6 is 0 Å². The number of carbonyl (C=O) groups excluding carboxylic acids is 1. The topological polar surface area (TPSA) is 44.1 Å². The third-order valence-electron chi connectivity index (χ3n) is 3.77. The standard InChI is InChI=1S/C17H20N2O/c1-13(2)19(16-8-5-9-16)17(20)11-10-14-6-3-4-7-15(14)12-18/h3-4,6-7,10-11,13,16H,5,8-9H2,1-2H3. The summed E-state index contributed by atoms with van der Waals surface area (Å²) in [6, 6.07) is 10.1. The van der Waals surface area contributed by atoms with Crippen molar-refractivity contribution in [2.45, 2.75) is 45.2 Å². The molecule has 0 spiro atoms. The predicted octanol–water partition coefficient (Wildman–Crippen LogP) is 3.36. The van der Waals surface area contributed by atoms with Crippen LogP contribution in [0.15, 0.2) is 30.3 Å². The number of rotatable bonds is 4. The van der Waals surface area contributed by atoms with E-state index in [0.29, 0.717) is 11.6 Å². The second-order valence-electron chi connectivity index (χ2n) is 5.46. The summed E-state index contributed by atoms with van der Waals surface area (Å²) in [4.78, 5) is 14.3. The average Bonchev–Trinajstić information content (AvgIpc) is 2.39. The van der Waals surface area contributed by atoms with Crippen LogP contribution in [-0.2, 0) is 4.79 Å². The number of amides is 1. The summed E-state index contributed by atoms with van der Waals surface area (Å²) in [5, 5.41) is 9.04. The van der Waals surface area contributed by atoms with Crippen molar-refractivity contribution in [1.82, 2.24) is 4.90 Å². The molecule has 104 valence electrons. The first-order chi connectivity index (χ1) is 9.63. The summed E-state index contributed by atoms with van der Waals surface area (Å²) in [6.07, 6.45) is 6.75. The molecule has 1 amide bonds. The zero-order chi connectivity index (χ0) is 14.5. The second kappa shape index (κ2) is 6.38. The van der Waals surface area contributed by atoms with Gasteiger partial charge in [-0.1, -0.05) is 18.2 Å². The van der Waals surface area contributed by atoms with E-state index >= 15 is 0 Å². The molecule has 0 heterocycles. The van der Waals surface area contributed by atoms with Crippen molar-refractivity contribution in [3.05, 3.63) is 41.5 Å². The molecule has 0 N–H and O–H groups in total. The van der Waals surface area contributed by atoms with Gasteiger partial charge in [0.25, 0.3) is 0 Å². The lowest BCUT2D eigenvalue weighted by atomic mass is 9.90. The Morgan fingerprint density at radius 3 is 2.65 bits per heavy atom. The molecule has 1 aliphatic carbocycles. The Balaban J connectivity index is 2.13. The van der Waals surface area contributed by atoms with E-state index in [9.17, 15) is 4.79 Å². The zero-order valence-electron chi connectivity index (χ0n) is 12.0. The van der Waals surface area contributed by atoms with Gasteiger partial charge in [0.2, 0.25) is 5.91 Å². The third-order valence-corrected chi connectivity index (χ3v) is 3.77. The Morgan fingerprint density at radius 2 is 2.10 bits per heavy atom. The Kier molecular flexibility index (Phi) is 4.57. The summed E-state index contributed by atoms with van der Waals surface area (Å²) in [5.74, 6) is 0.0393. The van der Waals surface area contributed by atoms with Gasteiger partial charge in [0.15, 0.2) is 0 Å². The summed E-state index contributed by atoms with van der Waals surface area (Å²) < 4.78 is 0. The third kappa shape index (κ3) is 3.08. The van der Waals surface area contributed by atoms with E-state index in [2.05, 4.69) is 6.07 Å². The van der Waals surface area contributed by atoms with Crippen molar-refractivity contribution in [1.29, 1.82) is 5.26 Å². The Hall–Kier alpha value is -2.08. The molecule has 3 heteroatoms. The largest absolute Gasteiger partial charge is 0.334 e. The highest BCUT2D eigenvalue weighted by Crippen LogP contribution is 2.26. The number of hydrogen-bond donors (Lipinski definition) is 0. The fraction of sp³-hybridized carbons (Fsp3) is 0.412. The zero-order valence-corrected chi connectivity index (χ0v) is 12.0.